The van der Waals surface area contributed by atoms with Gasteiger partial charge in [-0.05, 0) is 26.0 Å². The molecule has 2 aromatic rings. The van der Waals surface area contributed by atoms with Crippen molar-refractivity contribution in [1.82, 2.24) is 9.88 Å². The van der Waals surface area contributed by atoms with Gasteiger partial charge in [-0.25, -0.2) is 13.1 Å². The molecule has 0 radical (unpaired) electrons. The highest BCUT2D eigenvalue weighted by molar-refractivity contribution is 7.89. The largest absolute Gasteiger partial charge is 0.361 e. The maximum Gasteiger partial charge on any atom is 0.242 e. The van der Waals surface area contributed by atoms with Gasteiger partial charge in [0.1, 0.15) is 10.7 Å². The third-order valence-electron chi connectivity index (χ3n) is 2.75. The van der Waals surface area contributed by atoms with E-state index in [9.17, 15) is 8.42 Å². The lowest BCUT2D eigenvalue weighted by molar-refractivity contribution is 0.392. The highest BCUT2D eigenvalue weighted by atomic mass is 35.5. The number of benzene rings is 1. The molecule has 0 unspecified atom stereocenters. The molecule has 0 spiro atoms. The van der Waals surface area contributed by atoms with Crippen LogP contribution in [0, 0.1) is 13.8 Å². The first-order valence-electron chi connectivity index (χ1n) is 5.58. The van der Waals surface area contributed by atoms with Crippen LogP contribution in [0.5, 0.6) is 0 Å². The summed E-state index contributed by atoms with van der Waals surface area (Å²) >= 11 is 5.88. The molecule has 1 aromatic heterocycles. The topological polar surface area (TPSA) is 72.2 Å². The van der Waals surface area contributed by atoms with Crippen LogP contribution < -0.4 is 4.72 Å². The van der Waals surface area contributed by atoms with E-state index in [1.165, 1.54) is 12.1 Å². The van der Waals surface area contributed by atoms with E-state index in [1.54, 1.807) is 26.0 Å². The second kappa shape index (κ2) is 5.32. The lowest BCUT2D eigenvalue weighted by Gasteiger charge is -2.07. The Bertz CT molecular complexity index is 675. The van der Waals surface area contributed by atoms with Gasteiger partial charge < -0.3 is 4.52 Å². The fourth-order valence-electron chi connectivity index (χ4n) is 1.66. The summed E-state index contributed by atoms with van der Waals surface area (Å²) in [7, 11) is -3.65. The minimum Gasteiger partial charge on any atom is -0.361 e. The fourth-order valence-corrected chi connectivity index (χ4v) is 3.17. The van der Waals surface area contributed by atoms with Crippen molar-refractivity contribution in [2.45, 2.75) is 25.3 Å². The molecule has 19 heavy (non-hydrogen) atoms. The first-order chi connectivity index (χ1) is 8.92. The Hall–Kier alpha value is -1.37. The smallest absolute Gasteiger partial charge is 0.242 e. The Kier molecular flexibility index (Phi) is 3.93. The van der Waals surface area contributed by atoms with E-state index in [1.807, 2.05) is 0 Å². The molecule has 2 rings (SSSR count). The van der Waals surface area contributed by atoms with E-state index in [0.29, 0.717) is 11.5 Å². The molecule has 0 aliphatic carbocycles. The second-order valence-corrected chi connectivity index (χ2v) is 6.20. The summed E-state index contributed by atoms with van der Waals surface area (Å²) in [6.45, 7) is 3.61. The van der Waals surface area contributed by atoms with Crippen LogP contribution >= 0.6 is 11.6 Å². The van der Waals surface area contributed by atoms with Gasteiger partial charge in [0.25, 0.3) is 0 Å². The molecule has 1 heterocycles. The molecule has 0 aliphatic heterocycles. The molecule has 7 heteroatoms. The van der Waals surface area contributed by atoms with E-state index in [0.717, 1.165) is 5.56 Å². The molecule has 5 nitrogen and oxygen atoms in total. The number of nitrogens with one attached hydrogen (secondary N) is 1. The molecule has 0 aliphatic rings. The minimum atomic E-state index is -3.65. The molecule has 1 N–H and O–H groups in total. The Morgan fingerprint density at radius 3 is 2.58 bits per heavy atom. The monoisotopic (exact) mass is 300 g/mol. The number of halogens is 1. The highest BCUT2D eigenvalue weighted by Gasteiger charge is 2.19. The fraction of sp³-hybridized carbons (Fsp3) is 0.250. The van der Waals surface area contributed by atoms with E-state index in [-0.39, 0.29) is 16.5 Å². The van der Waals surface area contributed by atoms with Crippen LogP contribution in [0.3, 0.4) is 0 Å². The zero-order chi connectivity index (χ0) is 14.0. The van der Waals surface area contributed by atoms with Crippen LogP contribution in [0.15, 0.2) is 33.7 Å². The number of aromatic nitrogens is 1. The van der Waals surface area contributed by atoms with E-state index in [4.69, 9.17) is 16.1 Å². The summed E-state index contributed by atoms with van der Waals surface area (Å²) in [6.07, 6.45) is 0. The summed E-state index contributed by atoms with van der Waals surface area (Å²) in [5.74, 6) is 0.597. The molecule has 1 aromatic carbocycles. The number of nitrogens with zero attached hydrogens (tertiary/aromatic N) is 1. The highest BCUT2D eigenvalue weighted by Crippen LogP contribution is 2.21. The molecular weight excluding hydrogens is 288 g/mol. The predicted octanol–water partition coefficient (Wildman–Crippen LogP) is 2.42. The van der Waals surface area contributed by atoms with Crippen LogP contribution in [0.4, 0.5) is 0 Å². The van der Waals surface area contributed by atoms with Crippen molar-refractivity contribution >= 4 is 21.6 Å². The molecular formula is C12H13ClN2O3S. The quantitative estimate of drug-likeness (QED) is 0.941. The van der Waals surface area contributed by atoms with Crippen LogP contribution in [0.25, 0.3) is 0 Å². The molecule has 0 amide bonds. The molecule has 0 saturated carbocycles. The predicted molar refractivity (Wildman–Crippen MR) is 71.5 cm³/mol. The van der Waals surface area contributed by atoms with Crippen molar-refractivity contribution in [1.29, 1.82) is 0 Å². The van der Waals surface area contributed by atoms with Crippen LogP contribution in [0.2, 0.25) is 5.02 Å². The van der Waals surface area contributed by atoms with Crippen molar-refractivity contribution < 1.29 is 12.9 Å². The lowest BCUT2D eigenvalue weighted by Crippen LogP contribution is -2.24. The first-order valence-corrected chi connectivity index (χ1v) is 7.44. The van der Waals surface area contributed by atoms with Crippen molar-refractivity contribution in [3.8, 4) is 0 Å². The Morgan fingerprint density at radius 1 is 1.32 bits per heavy atom. The minimum absolute atomic E-state index is 0.0587. The van der Waals surface area contributed by atoms with Crippen LogP contribution in [0.1, 0.15) is 17.0 Å². The van der Waals surface area contributed by atoms with Gasteiger partial charge in [0.2, 0.25) is 10.0 Å². The summed E-state index contributed by atoms with van der Waals surface area (Å²) in [6, 6.07) is 6.29. The summed E-state index contributed by atoms with van der Waals surface area (Å²) < 4.78 is 31.7. The molecule has 102 valence electrons. The number of aryl methyl sites for hydroxylation is 2. The van der Waals surface area contributed by atoms with Gasteiger partial charge in [0.15, 0.2) is 0 Å². The Morgan fingerprint density at radius 2 is 2.00 bits per heavy atom. The lowest BCUT2D eigenvalue weighted by atomic mass is 10.2. The van der Waals surface area contributed by atoms with Gasteiger partial charge in [-0.1, -0.05) is 28.9 Å². The second-order valence-electron chi connectivity index (χ2n) is 4.06. The van der Waals surface area contributed by atoms with Crippen LogP contribution in [-0.4, -0.2) is 13.6 Å². The van der Waals surface area contributed by atoms with Gasteiger partial charge >= 0.3 is 0 Å². The summed E-state index contributed by atoms with van der Waals surface area (Å²) in [5, 5.41) is 3.96. The van der Waals surface area contributed by atoms with E-state index >= 15 is 0 Å². The van der Waals surface area contributed by atoms with Crippen molar-refractivity contribution in [2.75, 3.05) is 0 Å². The third-order valence-corrected chi connectivity index (χ3v) is 4.65. The Balaban J connectivity index is 2.22. The zero-order valence-electron chi connectivity index (χ0n) is 10.5. The third kappa shape index (κ3) is 2.97. The maximum atomic E-state index is 12.1. The van der Waals surface area contributed by atoms with Gasteiger partial charge in [-0.3, -0.25) is 0 Å². The standard InChI is InChI=1S/C12H13ClN2O3S/c1-8-10(9(2)18-15-8)7-14-19(16,17)12-6-4-3-5-11(12)13/h3-6,14H,7H2,1-2H3. The average molecular weight is 301 g/mol. The van der Waals surface area contributed by atoms with Crippen molar-refractivity contribution in [3.05, 3.63) is 46.3 Å². The molecule has 0 saturated heterocycles. The normalized spacial score (nSPS) is 11.7. The molecule has 0 bridgehead atoms. The number of sulfonamides is 1. The maximum absolute atomic E-state index is 12.1. The van der Waals surface area contributed by atoms with Gasteiger partial charge in [-0.2, -0.15) is 0 Å². The average Bonchev–Trinajstić information content (AvgIpc) is 2.67. The molecule has 0 atom stereocenters. The van der Waals surface area contributed by atoms with Crippen molar-refractivity contribution in [3.63, 3.8) is 0 Å². The number of rotatable bonds is 4. The van der Waals surface area contributed by atoms with Gasteiger partial charge in [-0.15, -0.1) is 0 Å². The summed E-state index contributed by atoms with van der Waals surface area (Å²) in [4.78, 5) is 0.0587. The Labute approximate surface area is 116 Å². The number of hydrogen-bond donors (Lipinski definition) is 1. The summed E-state index contributed by atoms with van der Waals surface area (Å²) in [5.41, 5.74) is 1.40. The van der Waals surface area contributed by atoms with Gasteiger partial charge in [0, 0.05) is 12.1 Å². The SMILES string of the molecule is Cc1noc(C)c1CNS(=O)(=O)c1ccccc1Cl. The zero-order valence-corrected chi connectivity index (χ0v) is 12.0. The van der Waals surface area contributed by atoms with Gasteiger partial charge in [0.05, 0.1) is 10.7 Å². The van der Waals surface area contributed by atoms with Crippen LogP contribution in [-0.2, 0) is 16.6 Å². The van der Waals surface area contributed by atoms with E-state index in [2.05, 4.69) is 9.88 Å². The van der Waals surface area contributed by atoms with Crippen molar-refractivity contribution in [2.24, 2.45) is 0 Å². The molecule has 0 fully saturated rings. The van der Waals surface area contributed by atoms with E-state index < -0.39 is 10.0 Å². The first kappa shape index (κ1) is 14.0. The number of hydrogen-bond acceptors (Lipinski definition) is 4.